The van der Waals surface area contributed by atoms with Gasteiger partial charge in [-0.3, -0.25) is 0 Å². The Morgan fingerprint density at radius 1 is 1.28 bits per heavy atom. The number of nitrogens with one attached hydrogen (secondary N) is 1. The van der Waals surface area contributed by atoms with Gasteiger partial charge >= 0.3 is 0 Å². The molecule has 0 amide bonds. The van der Waals surface area contributed by atoms with Crippen molar-refractivity contribution in [3.8, 4) is 0 Å². The summed E-state index contributed by atoms with van der Waals surface area (Å²) >= 11 is 1.79. The van der Waals surface area contributed by atoms with E-state index in [9.17, 15) is 0 Å². The van der Waals surface area contributed by atoms with Crippen molar-refractivity contribution in [2.24, 2.45) is 0 Å². The summed E-state index contributed by atoms with van der Waals surface area (Å²) in [7, 11) is 0. The minimum Gasteiger partial charge on any atom is -0.303 e. The van der Waals surface area contributed by atoms with Gasteiger partial charge in [0, 0.05) is 36.8 Å². The highest BCUT2D eigenvalue weighted by molar-refractivity contribution is 7.09. The molecule has 0 saturated carbocycles. The zero-order chi connectivity index (χ0) is 13.2. The minimum absolute atomic E-state index is 0.105. The van der Waals surface area contributed by atoms with E-state index in [1.54, 1.807) is 11.3 Å². The van der Waals surface area contributed by atoms with E-state index in [-0.39, 0.29) is 5.54 Å². The molecule has 1 aliphatic rings. The zero-order valence-electron chi connectivity index (χ0n) is 11.9. The van der Waals surface area contributed by atoms with Crippen molar-refractivity contribution in [3.63, 3.8) is 0 Å². The largest absolute Gasteiger partial charge is 0.303 e. The summed E-state index contributed by atoms with van der Waals surface area (Å²) in [5.74, 6) is 0. The van der Waals surface area contributed by atoms with Gasteiger partial charge in [-0.2, -0.15) is 0 Å². The number of nitrogens with zero attached hydrogens (tertiary/aromatic N) is 2. The van der Waals surface area contributed by atoms with Gasteiger partial charge in [-0.25, -0.2) is 4.98 Å². The number of hydrogen-bond donors (Lipinski definition) is 1. The first-order chi connectivity index (χ1) is 8.53. The second kappa shape index (κ2) is 5.68. The lowest BCUT2D eigenvalue weighted by atomic mass is 9.86. The summed E-state index contributed by atoms with van der Waals surface area (Å²) in [6.45, 7) is 11.3. The lowest BCUT2D eigenvalue weighted by molar-refractivity contribution is 0.103. The maximum absolute atomic E-state index is 4.57. The first-order valence-electron chi connectivity index (χ1n) is 6.95. The first kappa shape index (κ1) is 14.0. The Labute approximate surface area is 115 Å². The number of likely N-dealkylation sites (tertiary alicyclic amines) is 1. The standard InChI is InChI=1S/C14H25N3S/c1-11(2)16-14(13-15-7-10-18-13)5-8-17(9-6-14)12(3)4/h7,10-12,16H,5-6,8-9H2,1-4H3. The monoisotopic (exact) mass is 267 g/mol. The molecule has 0 radical (unpaired) electrons. The van der Waals surface area contributed by atoms with E-state index in [2.05, 4.69) is 48.3 Å². The van der Waals surface area contributed by atoms with Crippen LogP contribution in [-0.4, -0.2) is 35.1 Å². The van der Waals surface area contributed by atoms with Crippen LogP contribution in [-0.2, 0) is 5.54 Å². The lowest BCUT2D eigenvalue weighted by Crippen LogP contribution is -2.54. The highest BCUT2D eigenvalue weighted by atomic mass is 32.1. The summed E-state index contributed by atoms with van der Waals surface area (Å²) in [6.07, 6.45) is 4.26. The summed E-state index contributed by atoms with van der Waals surface area (Å²) in [6, 6.07) is 1.15. The van der Waals surface area contributed by atoms with E-state index in [1.807, 2.05) is 6.20 Å². The van der Waals surface area contributed by atoms with E-state index >= 15 is 0 Å². The van der Waals surface area contributed by atoms with Gasteiger partial charge in [0.05, 0.1) is 5.54 Å². The molecule has 1 aromatic rings. The summed E-state index contributed by atoms with van der Waals surface area (Å²) in [5, 5.41) is 7.13. The molecule has 18 heavy (non-hydrogen) atoms. The van der Waals surface area contributed by atoms with Gasteiger partial charge in [-0.05, 0) is 40.5 Å². The zero-order valence-corrected chi connectivity index (χ0v) is 12.8. The van der Waals surface area contributed by atoms with Crippen molar-refractivity contribution >= 4 is 11.3 Å². The predicted octanol–water partition coefficient (Wildman–Crippen LogP) is 2.84. The second-order valence-corrected chi connectivity index (χ2v) is 6.74. The molecule has 1 fully saturated rings. The average molecular weight is 267 g/mol. The molecule has 0 aliphatic carbocycles. The molecular formula is C14H25N3S. The van der Waals surface area contributed by atoms with Crippen molar-refractivity contribution in [2.45, 2.75) is 58.2 Å². The Bertz CT molecular complexity index is 351. The van der Waals surface area contributed by atoms with E-state index < -0.39 is 0 Å². The molecule has 1 aromatic heterocycles. The van der Waals surface area contributed by atoms with Gasteiger partial charge in [0.15, 0.2) is 0 Å². The lowest BCUT2D eigenvalue weighted by Gasteiger charge is -2.43. The van der Waals surface area contributed by atoms with Crippen LogP contribution in [0.2, 0.25) is 0 Å². The summed E-state index contributed by atoms with van der Waals surface area (Å²) < 4.78 is 0. The maximum atomic E-state index is 4.57. The predicted molar refractivity (Wildman–Crippen MR) is 78.0 cm³/mol. The summed E-state index contributed by atoms with van der Waals surface area (Å²) in [4.78, 5) is 7.14. The minimum atomic E-state index is 0.105. The fraction of sp³-hybridized carbons (Fsp3) is 0.786. The Morgan fingerprint density at radius 2 is 1.94 bits per heavy atom. The van der Waals surface area contributed by atoms with Crippen molar-refractivity contribution in [3.05, 3.63) is 16.6 Å². The second-order valence-electron chi connectivity index (χ2n) is 5.85. The van der Waals surface area contributed by atoms with Crippen LogP contribution in [0.5, 0.6) is 0 Å². The number of rotatable bonds is 4. The molecule has 0 unspecified atom stereocenters. The highest BCUT2D eigenvalue weighted by Crippen LogP contribution is 2.35. The number of aromatic nitrogens is 1. The third-order valence-corrected chi connectivity index (χ3v) is 4.77. The third kappa shape index (κ3) is 2.92. The van der Waals surface area contributed by atoms with Crippen molar-refractivity contribution in [1.82, 2.24) is 15.2 Å². The molecule has 102 valence electrons. The van der Waals surface area contributed by atoms with Crippen LogP contribution in [0.25, 0.3) is 0 Å². The van der Waals surface area contributed by atoms with Crippen LogP contribution in [0.4, 0.5) is 0 Å². The average Bonchev–Trinajstić information content (AvgIpc) is 2.82. The van der Waals surface area contributed by atoms with Gasteiger partial charge in [-0.15, -0.1) is 11.3 Å². The molecule has 0 spiro atoms. The molecule has 2 rings (SSSR count). The van der Waals surface area contributed by atoms with E-state index in [4.69, 9.17) is 0 Å². The Hall–Kier alpha value is -0.450. The van der Waals surface area contributed by atoms with E-state index in [0.29, 0.717) is 12.1 Å². The number of hydrogen-bond acceptors (Lipinski definition) is 4. The molecule has 1 saturated heterocycles. The quantitative estimate of drug-likeness (QED) is 0.909. The van der Waals surface area contributed by atoms with Crippen LogP contribution < -0.4 is 5.32 Å². The van der Waals surface area contributed by atoms with Crippen molar-refractivity contribution in [1.29, 1.82) is 0 Å². The molecule has 2 heterocycles. The molecule has 3 nitrogen and oxygen atoms in total. The van der Waals surface area contributed by atoms with Crippen LogP contribution >= 0.6 is 11.3 Å². The summed E-state index contributed by atoms with van der Waals surface area (Å²) in [5.41, 5.74) is 0.105. The van der Waals surface area contributed by atoms with Crippen LogP contribution in [0, 0.1) is 0 Å². The third-order valence-electron chi connectivity index (χ3n) is 3.79. The highest BCUT2D eigenvalue weighted by Gasteiger charge is 2.38. The molecule has 1 aliphatic heterocycles. The van der Waals surface area contributed by atoms with E-state index in [1.165, 1.54) is 5.01 Å². The molecule has 0 aromatic carbocycles. The molecule has 4 heteroatoms. The van der Waals surface area contributed by atoms with Crippen molar-refractivity contribution < 1.29 is 0 Å². The van der Waals surface area contributed by atoms with Gasteiger partial charge in [0.25, 0.3) is 0 Å². The molecule has 0 bridgehead atoms. The Morgan fingerprint density at radius 3 is 2.39 bits per heavy atom. The molecule has 0 atom stereocenters. The van der Waals surface area contributed by atoms with Gasteiger partial charge < -0.3 is 10.2 Å². The van der Waals surface area contributed by atoms with Crippen LogP contribution in [0.1, 0.15) is 45.5 Å². The first-order valence-corrected chi connectivity index (χ1v) is 7.83. The van der Waals surface area contributed by atoms with E-state index in [0.717, 1.165) is 25.9 Å². The smallest absolute Gasteiger partial charge is 0.113 e. The van der Waals surface area contributed by atoms with Gasteiger partial charge in [-0.1, -0.05) is 0 Å². The van der Waals surface area contributed by atoms with Crippen LogP contribution in [0.15, 0.2) is 11.6 Å². The SMILES string of the molecule is CC(C)NC1(c2nccs2)CCN(C(C)C)CC1. The fourth-order valence-electron chi connectivity index (χ4n) is 2.85. The maximum Gasteiger partial charge on any atom is 0.113 e. The molecule has 1 N–H and O–H groups in total. The number of thiazole rings is 1. The molecular weight excluding hydrogens is 242 g/mol. The number of piperidine rings is 1. The Balaban J connectivity index is 2.14. The topological polar surface area (TPSA) is 28.2 Å². The van der Waals surface area contributed by atoms with Gasteiger partial charge in [0.1, 0.15) is 5.01 Å². The van der Waals surface area contributed by atoms with Crippen molar-refractivity contribution in [2.75, 3.05) is 13.1 Å². The normalized spacial score (nSPS) is 20.8. The van der Waals surface area contributed by atoms with Crippen LogP contribution in [0.3, 0.4) is 0 Å². The Kier molecular flexibility index (Phi) is 4.41. The fourth-order valence-corrected chi connectivity index (χ4v) is 3.72. The van der Waals surface area contributed by atoms with Gasteiger partial charge in [0.2, 0.25) is 0 Å².